The summed E-state index contributed by atoms with van der Waals surface area (Å²) in [5.74, 6) is 3.91. The topological polar surface area (TPSA) is 119 Å². The first-order valence-corrected chi connectivity index (χ1v) is 21.9. The number of aliphatic hydroxyl groups excluding tert-OH is 2. The van der Waals surface area contributed by atoms with Crippen molar-refractivity contribution in [2.24, 2.45) is 17.8 Å². The third-order valence-electron chi connectivity index (χ3n) is 11.3. The van der Waals surface area contributed by atoms with Crippen LogP contribution in [-0.2, 0) is 28.6 Å². The summed E-state index contributed by atoms with van der Waals surface area (Å²) < 4.78 is 16.1. The van der Waals surface area contributed by atoms with Gasteiger partial charge in [0.25, 0.3) is 0 Å². The molecule has 2 saturated carbocycles. The lowest BCUT2D eigenvalue weighted by Crippen LogP contribution is -2.25. The molecule has 8 nitrogen and oxygen atoms in total. The number of carbonyl (C=O) groups excluding carboxylic acids is 3. The molecule has 0 unspecified atom stereocenters. The van der Waals surface area contributed by atoms with E-state index in [9.17, 15) is 24.6 Å². The molecule has 52 heavy (non-hydrogen) atoms. The van der Waals surface area contributed by atoms with Crippen LogP contribution in [0.4, 0.5) is 0 Å². The Morgan fingerprint density at radius 1 is 0.712 bits per heavy atom. The van der Waals surface area contributed by atoms with E-state index < -0.39 is 41.1 Å². The van der Waals surface area contributed by atoms with Gasteiger partial charge in [-0.3, -0.25) is 0 Å². The molecule has 0 radical (unpaired) electrons. The molecule has 0 atom stereocenters. The average Bonchev–Trinajstić information content (AvgIpc) is 3.18. The number of aliphatic hydroxyl groups is 2. The van der Waals surface area contributed by atoms with Gasteiger partial charge in [-0.15, -0.1) is 0 Å². The predicted molar refractivity (Wildman–Crippen MR) is 211 cm³/mol. The summed E-state index contributed by atoms with van der Waals surface area (Å²) in [5.41, 5.74) is 1.43. The summed E-state index contributed by atoms with van der Waals surface area (Å²) in [4.78, 5) is 37.4. The van der Waals surface area contributed by atoms with E-state index in [1.165, 1.54) is 87.5 Å². The zero-order chi connectivity index (χ0) is 37.8. The average molecular weight is 743 g/mol. The minimum atomic E-state index is -1.55. The fraction of sp³-hybridized carbons (Fsp3) is 0.651. The standard InChI is InChI=1S/C43H66O8S/c1-5-7-8-12-35-13-15-36(16-14-35)37-17-19-38(20-18-37)39-21-23-40(24-22-39)52(28-9-25-49-41(46)6-2,29-10-26-50-42(47)33(3)31-44)30-11-27-51-43(48)34(4)32-45/h6,21-24,35-38,44-45H,2-5,7-20,25-32H2,1H3. The van der Waals surface area contributed by atoms with Crippen LogP contribution in [0.3, 0.4) is 0 Å². The second-order valence-electron chi connectivity index (χ2n) is 14.8. The van der Waals surface area contributed by atoms with E-state index >= 15 is 0 Å². The maximum absolute atomic E-state index is 12.2. The summed E-state index contributed by atoms with van der Waals surface area (Å²) in [7, 11) is -1.55. The first-order valence-electron chi connectivity index (χ1n) is 19.7. The Balaban J connectivity index is 1.70. The Morgan fingerprint density at radius 2 is 1.19 bits per heavy atom. The van der Waals surface area contributed by atoms with Gasteiger partial charge in [0.15, 0.2) is 0 Å². The van der Waals surface area contributed by atoms with Crippen LogP contribution >= 0.6 is 10.0 Å². The van der Waals surface area contributed by atoms with Gasteiger partial charge >= 0.3 is 17.9 Å². The molecule has 0 bridgehead atoms. The first kappa shape index (κ1) is 43.5. The van der Waals surface area contributed by atoms with Gasteiger partial charge in [0.2, 0.25) is 0 Å². The lowest BCUT2D eigenvalue weighted by Gasteiger charge is -2.41. The van der Waals surface area contributed by atoms with E-state index in [2.05, 4.69) is 50.9 Å². The minimum absolute atomic E-state index is 0.0173. The van der Waals surface area contributed by atoms with E-state index in [1.54, 1.807) is 0 Å². The van der Waals surface area contributed by atoms with Crippen LogP contribution in [0.1, 0.15) is 115 Å². The van der Waals surface area contributed by atoms with Crippen molar-refractivity contribution in [2.75, 3.05) is 50.3 Å². The summed E-state index contributed by atoms with van der Waals surface area (Å²) in [5, 5.41) is 18.5. The predicted octanol–water partition coefficient (Wildman–Crippen LogP) is 8.59. The molecule has 2 aliphatic carbocycles. The number of benzene rings is 1. The molecule has 1 aromatic rings. The monoisotopic (exact) mass is 742 g/mol. The highest BCUT2D eigenvalue weighted by molar-refractivity contribution is 8.33. The summed E-state index contributed by atoms with van der Waals surface area (Å²) >= 11 is 0. The molecule has 0 amide bonds. The Labute approximate surface area is 314 Å². The van der Waals surface area contributed by atoms with Crippen molar-refractivity contribution in [3.05, 3.63) is 66.8 Å². The van der Waals surface area contributed by atoms with Crippen LogP contribution in [0.2, 0.25) is 0 Å². The van der Waals surface area contributed by atoms with Crippen LogP contribution in [0.5, 0.6) is 0 Å². The molecule has 2 aliphatic rings. The highest BCUT2D eigenvalue weighted by Crippen LogP contribution is 2.57. The highest BCUT2D eigenvalue weighted by Gasteiger charge is 2.32. The third kappa shape index (κ3) is 14.2. The van der Waals surface area contributed by atoms with Gasteiger partial charge in [-0.25, -0.2) is 24.4 Å². The maximum atomic E-state index is 12.2. The van der Waals surface area contributed by atoms with E-state index in [4.69, 9.17) is 14.2 Å². The molecule has 3 rings (SSSR count). The van der Waals surface area contributed by atoms with Gasteiger partial charge < -0.3 is 24.4 Å². The number of esters is 3. The van der Waals surface area contributed by atoms with Crippen LogP contribution in [0.25, 0.3) is 0 Å². The lowest BCUT2D eigenvalue weighted by molar-refractivity contribution is -0.140. The number of unbranched alkanes of at least 4 members (excludes halogenated alkanes) is 2. The van der Waals surface area contributed by atoms with Crippen molar-refractivity contribution < 1.29 is 38.8 Å². The van der Waals surface area contributed by atoms with Gasteiger partial charge in [0.1, 0.15) is 0 Å². The van der Waals surface area contributed by atoms with Crippen LogP contribution in [-0.4, -0.2) is 78.4 Å². The first-order chi connectivity index (χ1) is 25.2. The molecule has 292 valence electrons. The van der Waals surface area contributed by atoms with Crippen molar-refractivity contribution in [3.8, 4) is 0 Å². The largest absolute Gasteiger partial charge is 0.463 e. The summed E-state index contributed by atoms with van der Waals surface area (Å²) in [6.45, 7) is 12.6. The van der Waals surface area contributed by atoms with Crippen molar-refractivity contribution in [3.63, 3.8) is 0 Å². The van der Waals surface area contributed by atoms with E-state index in [-0.39, 0.29) is 31.0 Å². The number of hydrogen-bond donors (Lipinski definition) is 2. The molecule has 0 aromatic heterocycles. The van der Waals surface area contributed by atoms with Crippen LogP contribution in [0.15, 0.2) is 66.1 Å². The normalized spacial score (nSPS) is 20.8. The van der Waals surface area contributed by atoms with Gasteiger partial charge in [-0.1, -0.05) is 77.3 Å². The molecule has 0 aliphatic heterocycles. The van der Waals surface area contributed by atoms with Crippen molar-refractivity contribution >= 4 is 27.9 Å². The molecule has 0 spiro atoms. The fourth-order valence-corrected chi connectivity index (χ4v) is 12.2. The van der Waals surface area contributed by atoms with Gasteiger partial charge in [-0.2, -0.15) is 0 Å². The number of rotatable bonds is 24. The number of ether oxygens (including phenoxy) is 3. The maximum Gasteiger partial charge on any atom is 0.335 e. The second kappa shape index (κ2) is 23.7. The number of hydrogen-bond acceptors (Lipinski definition) is 8. The fourth-order valence-electron chi connectivity index (χ4n) is 8.14. The Morgan fingerprint density at radius 3 is 1.65 bits per heavy atom. The minimum Gasteiger partial charge on any atom is -0.463 e. The zero-order valence-electron chi connectivity index (χ0n) is 31.8. The molecular weight excluding hydrogens is 677 g/mol. The van der Waals surface area contributed by atoms with Crippen molar-refractivity contribution in [1.82, 2.24) is 0 Å². The number of carbonyl (C=O) groups is 3. The van der Waals surface area contributed by atoms with Crippen molar-refractivity contribution in [1.29, 1.82) is 0 Å². The molecule has 0 saturated heterocycles. The van der Waals surface area contributed by atoms with E-state index in [0.29, 0.717) is 25.2 Å². The van der Waals surface area contributed by atoms with Crippen LogP contribution < -0.4 is 0 Å². The van der Waals surface area contributed by atoms with E-state index in [1.807, 2.05) is 0 Å². The molecule has 1 aromatic carbocycles. The molecule has 0 heterocycles. The zero-order valence-corrected chi connectivity index (χ0v) is 32.6. The van der Waals surface area contributed by atoms with Crippen molar-refractivity contribution in [2.45, 2.75) is 114 Å². The molecule has 2 N–H and O–H groups in total. The molecular formula is C43H66O8S. The lowest BCUT2D eigenvalue weighted by atomic mass is 9.68. The second-order valence-corrected chi connectivity index (χ2v) is 18.6. The highest BCUT2D eigenvalue weighted by atomic mass is 32.3. The Bertz CT molecular complexity index is 1240. The molecule has 2 fully saturated rings. The van der Waals surface area contributed by atoms with Gasteiger partial charge in [-0.05, 0) is 121 Å². The third-order valence-corrected chi connectivity index (χ3v) is 15.8. The Kier molecular flexibility index (Phi) is 19.8. The quantitative estimate of drug-likeness (QED) is 0.0468. The molecule has 9 heteroatoms. The summed E-state index contributed by atoms with van der Waals surface area (Å²) in [6.07, 6.45) is 19.3. The van der Waals surface area contributed by atoms with E-state index in [0.717, 1.165) is 41.1 Å². The SMILES string of the molecule is C=CC(=O)OCCCS(CCCOC(=O)C(=C)CO)(CCCOC(=O)C(=C)CO)c1ccc(C2CCC(C3CCC(CCCCC)CC3)CC2)cc1. The smallest absolute Gasteiger partial charge is 0.335 e. The Hall–Kier alpha value is -2.88. The van der Waals surface area contributed by atoms with Gasteiger partial charge in [0, 0.05) is 6.08 Å². The summed E-state index contributed by atoms with van der Waals surface area (Å²) in [6, 6.07) is 9.15. The van der Waals surface area contributed by atoms with Crippen LogP contribution in [0, 0.1) is 17.8 Å². The van der Waals surface area contributed by atoms with Gasteiger partial charge in [0.05, 0.1) is 44.2 Å².